The van der Waals surface area contributed by atoms with Gasteiger partial charge in [-0.3, -0.25) is 5.10 Å². The van der Waals surface area contributed by atoms with Gasteiger partial charge in [0, 0.05) is 12.5 Å². The molecule has 0 spiro atoms. The average molecular weight is 169 g/mol. The summed E-state index contributed by atoms with van der Waals surface area (Å²) in [7, 11) is 0. The first-order valence-corrected chi connectivity index (χ1v) is 4.00. The van der Waals surface area contributed by atoms with Crippen LogP contribution in [0.1, 0.15) is 24.0 Å². The van der Waals surface area contributed by atoms with Crippen molar-refractivity contribution in [1.82, 2.24) is 15.2 Å². The van der Waals surface area contributed by atoms with E-state index in [9.17, 15) is 0 Å². The number of hydrogen-bond donors (Lipinski definition) is 2. The van der Waals surface area contributed by atoms with Gasteiger partial charge in [0.15, 0.2) is 5.82 Å². The van der Waals surface area contributed by atoms with Crippen LogP contribution in [0.3, 0.4) is 0 Å². The van der Waals surface area contributed by atoms with Gasteiger partial charge in [-0.1, -0.05) is 0 Å². The van der Waals surface area contributed by atoms with E-state index in [-0.39, 0.29) is 6.61 Å². The van der Waals surface area contributed by atoms with Crippen LogP contribution in [0.15, 0.2) is 0 Å². The summed E-state index contributed by atoms with van der Waals surface area (Å²) in [5.74, 6) is 1.59. The summed E-state index contributed by atoms with van der Waals surface area (Å²) in [6, 6.07) is 0. The molecule has 1 aromatic rings. The molecular formula is C7H11N3O2. The van der Waals surface area contributed by atoms with Crippen LogP contribution < -0.4 is 0 Å². The minimum Gasteiger partial charge on any atom is -0.388 e. The van der Waals surface area contributed by atoms with E-state index in [0.29, 0.717) is 18.3 Å². The molecule has 1 aliphatic rings. The molecule has 66 valence electrons. The Morgan fingerprint density at radius 2 is 2.58 bits per heavy atom. The number of nitrogens with one attached hydrogen (secondary N) is 1. The van der Waals surface area contributed by atoms with Crippen LogP contribution in [-0.4, -0.2) is 33.5 Å². The van der Waals surface area contributed by atoms with Crippen molar-refractivity contribution in [3.05, 3.63) is 11.6 Å². The lowest BCUT2D eigenvalue weighted by Crippen LogP contribution is -1.99. The van der Waals surface area contributed by atoms with Gasteiger partial charge in [0.1, 0.15) is 12.4 Å². The number of aromatic nitrogens is 3. The molecule has 0 aromatic carbocycles. The fraction of sp³-hybridized carbons (Fsp3) is 0.714. The number of nitrogens with zero attached hydrogens (tertiary/aromatic N) is 2. The Morgan fingerprint density at radius 1 is 1.67 bits per heavy atom. The number of hydrogen-bond acceptors (Lipinski definition) is 4. The molecule has 5 nitrogen and oxygen atoms in total. The molecule has 1 fully saturated rings. The van der Waals surface area contributed by atoms with E-state index in [4.69, 9.17) is 9.84 Å². The predicted octanol–water partition coefficient (Wildman–Crippen LogP) is -0.199. The van der Waals surface area contributed by atoms with E-state index in [2.05, 4.69) is 15.2 Å². The highest BCUT2D eigenvalue weighted by Crippen LogP contribution is 2.21. The molecule has 0 radical (unpaired) electrons. The average Bonchev–Trinajstić information content (AvgIpc) is 2.75. The Hall–Kier alpha value is -0.940. The molecule has 0 bridgehead atoms. The lowest BCUT2D eigenvalue weighted by molar-refractivity contribution is 0.193. The van der Waals surface area contributed by atoms with Gasteiger partial charge in [0.05, 0.1) is 6.61 Å². The molecule has 2 N–H and O–H groups in total. The Labute approximate surface area is 69.8 Å². The van der Waals surface area contributed by atoms with Gasteiger partial charge >= 0.3 is 0 Å². The van der Waals surface area contributed by atoms with Crippen molar-refractivity contribution in [1.29, 1.82) is 0 Å². The summed E-state index contributed by atoms with van der Waals surface area (Å²) in [5.41, 5.74) is 0. The number of aliphatic hydroxyl groups excluding tert-OH is 1. The molecule has 2 heterocycles. The van der Waals surface area contributed by atoms with Crippen molar-refractivity contribution in [2.75, 3.05) is 13.2 Å². The van der Waals surface area contributed by atoms with E-state index in [1.807, 2.05) is 0 Å². The zero-order chi connectivity index (χ0) is 8.39. The minimum atomic E-state index is -0.0828. The van der Waals surface area contributed by atoms with Crippen molar-refractivity contribution in [2.45, 2.75) is 18.9 Å². The Morgan fingerprint density at radius 3 is 3.17 bits per heavy atom. The number of H-pyrrole nitrogens is 1. The van der Waals surface area contributed by atoms with Gasteiger partial charge in [-0.05, 0) is 6.42 Å². The summed E-state index contributed by atoms with van der Waals surface area (Å²) in [5, 5.41) is 15.4. The second-order valence-corrected chi connectivity index (χ2v) is 2.86. The quantitative estimate of drug-likeness (QED) is 0.643. The SMILES string of the molecule is OCc1nc(C2CCOC2)n[nH]1. The highest BCUT2D eigenvalue weighted by molar-refractivity contribution is 4.98. The van der Waals surface area contributed by atoms with Crippen LogP contribution in [0.2, 0.25) is 0 Å². The fourth-order valence-corrected chi connectivity index (χ4v) is 1.30. The number of rotatable bonds is 2. The molecule has 1 aliphatic heterocycles. The molecule has 2 rings (SSSR count). The minimum absolute atomic E-state index is 0.0828. The normalized spacial score (nSPS) is 23.2. The van der Waals surface area contributed by atoms with Crippen LogP contribution in [0, 0.1) is 0 Å². The first-order valence-electron chi connectivity index (χ1n) is 4.00. The summed E-state index contributed by atoms with van der Waals surface area (Å²) >= 11 is 0. The maximum Gasteiger partial charge on any atom is 0.156 e. The second-order valence-electron chi connectivity index (χ2n) is 2.86. The maximum atomic E-state index is 8.73. The predicted molar refractivity (Wildman–Crippen MR) is 40.5 cm³/mol. The number of ether oxygens (including phenoxy) is 1. The third-order valence-electron chi connectivity index (χ3n) is 1.99. The van der Waals surface area contributed by atoms with Crippen LogP contribution in [0.4, 0.5) is 0 Å². The zero-order valence-electron chi connectivity index (χ0n) is 6.66. The van der Waals surface area contributed by atoms with Crippen molar-refractivity contribution in [3.63, 3.8) is 0 Å². The van der Waals surface area contributed by atoms with Gasteiger partial charge in [0.25, 0.3) is 0 Å². The van der Waals surface area contributed by atoms with Crippen molar-refractivity contribution >= 4 is 0 Å². The monoisotopic (exact) mass is 169 g/mol. The van der Waals surface area contributed by atoms with Crippen LogP contribution in [0.5, 0.6) is 0 Å². The van der Waals surface area contributed by atoms with E-state index in [1.165, 1.54) is 0 Å². The highest BCUT2D eigenvalue weighted by Gasteiger charge is 2.21. The first kappa shape index (κ1) is 7.70. The molecule has 0 amide bonds. The summed E-state index contributed by atoms with van der Waals surface area (Å²) < 4.78 is 5.20. The molecule has 1 saturated heterocycles. The summed E-state index contributed by atoms with van der Waals surface area (Å²) in [4.78, 5) is 4.11. The van der Waals surface area contributed by atoms with Crippen molar-refractivity contribution in [3.8, 4) is 0 Å². The van der Waals surface area contributed by atoms with Crippen LogP contribution in [0.25, 0.3) is 0 Å². The Kier molecular flexibility index (Phi) is 2.05. The van der Waals surface area contributed by atoms with Gasteiger partial charge < -0.3 is 9.84 Å². The largest absolute Gasteiger partial charge is 0.388 e. The smallest absolute Gasteiger partial charge is 0.156 e. The fourth-order valence-electron chi connectivity index (χ4n) is 1.30. The van der Waals surface area contributed by atoms with Gasteiger partial charge in [-0.2, -0.15) is 5.10 Å². The lowest BCUT2D eigenvalue weighted by atomic mass is 10.1. The van der Waals surface area contributed by atoms with Gasteiger partial charge in [-0.25, -0.2) is 4.98 Å². The molecule has 5 heteroatoms. The molecule has 1 atom stereocenters. The molecule has 0 aliphatic carbocycles. The summed E-state index contributed by atoms with van der Waals surface area (Å²) in [6.07, 6.45) is 0.975. The second kappa shape index (κ2) is 3.20. The molecule has 1 aromatic heterocycles. The van der Waals surface area contributed by atoms with E-state index in [0.717, 1.165) is 18.9 Å². The first-order chi connectivity index (χ1) is 5.90. The van der Waals surface area contributed by atoms with E-state index < -0.39 is 0 Å². The van der Waals surface area contributed by atoms with Gasteiger partial charge in [-0.15, -0.1) is 0 Å². The maximum absolute atomic E-state index is 8.73. The lowest BCUT2D eigenvalue weighted by Gasteiger charge is -1.98. The summed E-state index contributed by atoms with van der Waals surface area (Å²) in [6.45, 7) is 1.40. The van der Waals surface area contributed by atoms with E-state index >= 15 is 0 Å². The van der Waals surface area contributed by atoms with Crippen molar-refractivity contribution in [2.24, 2.45) is 0 Å². The third kappa shape index (κ3) is 1.33. The topological polar surface area (TPSA) is 71.0 Å². The van der Waals surface area contributed by atoms with E-state index in [1.54, 1.807) is 0 Å². The van der Waals surface area contributed by atoms with Crippen LogP contribution in [-0.2, 0) is 11.3 Å². The molecule has 1 unspecified atom stereocenters. The molecule has 12 heavy (non-hydrogen) atoms. The van der Waals surface area contributed by atoms with Crippen molar-refractivity contribution < 1.29 is 9.84 Å². The Bertz CT molecular complexity index is 255. The number of aliphatic hydroxyl groups is 1. The van der Waals surface area contributed by atoms with Gasteiger partial charge in [0.2, 0.25) is 0 Å². The van der Waals surface area contributed by atoms with Crippen LogP contribution >= 0.6 is 0 Å². The highest BCUT2D eigenvalue weighted by atomic mass is 16.5. The Balaban J connectivity index is 2.11. The third-order valence-corrected chi connectivity index (χ3v) is 1.99. The number of aromatic amines is 1. The molecular weight excluding hydrogens is 158 g/mol. The molecule has 0 saturated carbocycles. The standard InChI is InChI=1S/C7H11N3O2/c11-3-6-8-7(10-9-6)5-1-2-12-4-5/h5,11H,1-4H2,(H,8,9,10). The zero-order valence-corrected chi connectivity index (χ0v) is 6.66.